The van der Waals surface area contributed by atoms with Crippen LogP contribution in [0.3, 0.4) is 0 Å². The number of aliphatic hydroxyl groups is 1. The molecular formula is C9H14N2OS. The predicted octanol–water partition coefficient (Wildman–Crippen LogP) is 1.01. The van der Waals surface area contributed by atoms with Gasteiger partial charge < -0.3 is 10.4 Å². The standard InChI is InChI=1S/C9H14N2OS/c12-7-9(1-2-9)6-10-5-8-11-3-4-13-8/h3-4,10,12H,1-2,5-7H2. The highest BCUT2D eigenvalue weighted by molar-refractivity contribution is 7.09. The Kier molecular flexibility index (Phi) is 2.62. The molecule has 0 bridgehead atoms. The largest absolute Gasteiger partial charge is 0.396 e. The first-order chi connectivity index (χ1) is 6.35. The second kappa shape index (κ2) is 3.74. The average molecular weight is 198 g/mol. The molecule has 3 nitrogen and oxygen atoms in total. The van der Waals surface area contributed by atoms with Gasteiger partial charge in [-0.05, 0) is 12.8 Å². The first kappa shape index (κ1) is 9.12. The highest BCUT2D eigenvalue weighted by Gasteiger charge is 2.41. The van der Waals surface area contributed by atoms with Crippen LogP contribution >= 0.6 is 11.3 Å². The van der Waals surface area contributed by atoms with Crippen LogP contribution in [-0.4, -0.2) is 23.2 Å². The summed E-state index contributed by atoms with van der Waals surface area (Å²) in [4.78, 5) is 4.18. The molecule has 0 aromatic carbocycles. The van der Waals surface area contributed by atoms with Crippen molar-refractivity contribution < 1.29 is 5.11 Å². The minimum atomic E-state index is 0.206. The number of thiazole rings is 1. The SMILES string of the molecule is OCC1(CNCc2nccs2)CC1. The molecule has 4 heteroatoms. The third-order valence-corrected chi connectivity index (χ3v) is 3.33. The van der Waals surface area contributed by atoms with Gasteiger partial charge in [0.05, 0.1) is 0 Å². The van der Waals surface area contributed by atoms with Crippen molar-refractivity contribution in [3.63, 3.8) is 0 Å². The molecule has 2 N–H and O–H groups in total. The third-order valence-electron chi connectivity index (χ3n) is 2.55. The Bertz CT molecular complexity index is 257. The van der Waals surface area contributed by atoms with Gasteiger partial charge in [-0.1, -0.05) is 0 Å². The molecule has 0 unspecified atom stereocenters. The summed E-state index contributed by atoms with van der Waals surface area (Å²) in [5.41, 5.74) is 0.206. The maximum Gasteiger partial charge on any atom is 0.106 e. The van der Waals surface area contributed by atoms with Gasteiger partial charge in [0.2, 0.25) is 0 Å². The van der Waals surface area contributed by atoms with E-state index in [-0.39, 0.29) is 5.41 Å². The van der Waals surface area contributed by atoms with E-state index < -0.39 is 0 Å². The number of rotatable bonds is 5. The summed E-state index contributed by atoms with van der Waals surface area (Å²) in [6, 6.07) is 0. The number of nitrogens with one attached hydrogen (secondary N) is 1. The Morgan fingerprint density at radius 1 is 1.62 bits per heavy atom. The number of hydrogen-bond donors (Lipinski definition) is 2. The van der Waals surface area contributed by atoms with Crippen LogP contribution in [0.25, 0.3) is 0 Å². The number of nitrogens with zero attached hydrogens (tertiary/aromatic N) is 1. The maximum absolute atomic E-state index is 9.06. The van der Waals surface area contributed by atoms with Gasteiger partial charge in [0.25, 0.3) is 0 Å². The minimum Gasteiger partial charge on any atom is -0.396 e. The fourth-order valence-electron chi connectivity index (χ4n) is 1.34. The minimum absolute atomic E-state index is 0.206. The second-order valence-corrected chi connectivity index (χ2v) is 4.67. The molecule has 1 aromatic heterocycles. The van der Waals surface area contributed by atoms with E-state index in [1.165, 1.54) is 0 Å². The molecule has 1 heterocycles. The zero-order valence-corrected chi connectivity index (χ0v) is 8.31. The fourth-order valence-corrected chi connectivity index (χ4v) is 1.93. The normalized spacial score (nSPS) is 18.8. The Hall–Kier alpha value is -0.450. The molecule has 72 valence electrons. The van der Waals surface area contributed by atoms with E-state index in [2.05, 4.69) is 10.3 Å². The van der Waals surface area contributed by atoms with E-state index in [0.29, 0.717) is 6.61 Å². The van der Waals surface area contributed by atoms with Crippen molar-refractivity contribution in [2.75, 3.05) is 13.2 Å². The van der Waals surface area contributed by atoms with Crippen LogP contribution in [0.4, 0.5) is 0 Å². The smallest absolute Gasteiger partial charge is 0.106 e. The summed E-state index contributed by atoms with van der Waals surface area (Å²) in [5, 5.41) is 15.5. The Morgan fingerprint density at radius 3 is 3.00 bits per heavy atom. The summed E-state index contributed by atoms with van der Waals surface area (Å²) in [6.45, 7) is 2.07. The molecule has 1 aromatic rings. The van der Waals surface area contributed by atoms with E-state index >= 15 is 0 Å². The molecule has 0 radical (unpaired) electrons. The maximum atomic E-state index is 9.06. The molecule has 1 aliphatic carbocycles. The van der Waals surface area contributed by atoms with Crippen LogP contribution in [0.5, 0.6) is 0 Å². The zero-order chi connectivity index (χ0) is 9.15. The molecule has 0 atom stereocenters. The van der Waals surface area contributed by atoms with E-state index in [0.717, 1.165) is 30.9 Å². The number of aromatic nitrogens is 1. The van der Waals surface area contributed by atoms with Crippen LogP contribution in [-0.2, 0) is 6.54 Å². The van der Waals surface area contributed by atoms with Crippen molar-refractivity contribution in [2.24, 2.45) is 5.41 Å². The second-order valence-electron chi connectivity index (χ2n) is 3.69. The molecule has 0 saturated heterocycles. The highest BCUT2D eigenvalue weighted by Crippen LogP contribution is 2.44. The van der Waals surface area contributed by atoms with Gasteiger partial charge in [-0.2, -0.15) is 0 Å². The topological polar surface area (TPSA) is 45.1 Å². The van der Waals surface area contributed by atoms with Crippen molar-refractivity contribution in [3.8, 4) is 0 Å². The van der Waals surface area contributed by atoms with Gasteiger partial charge in [0.1, 0.15) is 5.01 Å². The molecule has 1 aliphatic rings. The van der Waals surface area contributed by atoms with Crippen molar-refractivity contribution in [1.29, 1.82) is 0 Å². The average Bonchev–Trinajstić information content (AvgIpc) is 2.74. The van der Waals surface area contributed by atoms with Crippen LogP contribution in [0.2, 0.25) is 0 Å². The summed E-state index contributed by atoms with van der Waals surface area (Å²) in [5.74, 6) is 0. The highest BCUT2D eigenvalue weighted by atomic mass is 32.1. The number of aliphatic hydroxyl groups excluding tert-OH is 1. The lowest BCUT2D eigenvalue weighted by Gasteiger charge is -2.11. The fraction of sp³-hybridized carbons (Fsp3) is 0.667. The molecule has 0 spiro atoms. The van der Waals surface area contributed by atoms with E-state index in [1.807, 2.05) is 11.6 Å². The first-order valence-electron chi connectivity index (χ1n) is 4.55. The number of hydrogen-bond acceptors (Lipinski definition) is 4. The van der Waals surface area contributed by atoms with Gasteiger partial charge in [-0.15, -0.1) is 11.3 Å². The summed E-state index contributed by atoms with van der Waals surface area (Å²) >= 11 is 1.67. The van der Waals surface area contributed by atoms with Crippen LogP contribution < -0.4 is 5.32 Å². The van der Waals surface area contributed by atoms with Gasteiger partial charge in [0, 0.05) is 36.7 Å². The van der Waals surface area contributed by atoms with E-state index in [9.17, 15) is 0 Å². The van der Waals surface area contributed by atoms with Gasteiger partial charge in [0.15, 0.2) is 0 Å². The molecule has 0 aliphatic heterocycles. The zero-order valence-electron chi connectivity index (χ0n) is 7.49. The van der Waals surface area contributed by atoms with Crippen molar-refractivity contribution >= 4 is 11.3 Å². The van der Waals surface area contributed by atoms with Crippen molar-refractivity contribution in [2.45, 2.75) is 19.4 Å². The van der Waals surface area contributed by atoms with Gasteiger partial charge in [-0.3, -0.25) is 0 Å². The lowest BCUT2D eigenvalue weighted by molar-refractivity contribution is 0.207. The monoisotopic (exact) mass is 198 g/mol. The quantitative estimate of drug-likeness (QED) is 0.742. The lowest BCUT2D eigenvalue weighted by Crippen LogP contribution is -2.25. The van der Waals surface area contributed by atoms with E-state index in [4.69, 9.17) is 5.11 Å². The predicted molar refractivity (Wildman–Crippen MR) is 52.6 cm³/mol. The third kappa shape index (κ3) is 2.27. The molecule has 0 amide bonds. The van der Waals surface area contributed by atoms with E-state index in [1.54, 1.807) is 11.3 Å². The molecule has 2 rings (SSSR count). The van der Waals surface area contributed by atoms with Crippen molar-refractivity contribution in [3.05, 3.63) is 16.6 Å². The summed E-state index contributed by atoms with van der Waals surface area (Å²) in [7, 11) is 0. The van der Waals surface area contributed by atoms with Crippen LogP contribution in [0, 0.1) is 5.41 Å². The molecular weight excluding hydrogens is 184 g/mol. The lowest BCUT2D eigenvalue weighted by atomic mass is 10.1. The van der Waals surface area contributed by atoms with Gasteiger partial charge in [-0.25, -0.2) is 4.98 Å². The summed E-state index contributed by atoms with van der Waals surface area (Å²) in [6.07, 6.45) is 4.14. The molecule has 13 heavy (non-hydrogen) atoms. The Morgan fingerprint density at radius 2 is 2.46 bits per heavy atom. The van der Waals surface area contributed by atoms with Crippen LogP contribution in [0.15, 0.2) is 11.6 Å². The summed E-state index contributed by atoms with van der Waals surface area (Å²) < 4.78 is 0. The Balaban J connectivity index is 1.70. The molecule has 1 fully saturated rings. The van der Waals surface area contributed by atoms with Crippen LogP contribution in [0.1, 0.15) is 17.8 Å². The van der Waals surface area contributed by atoms with Crippen molar-refractivity contribution in [1.82, 2.24) is 10.3 Å². The first-order valence-corrected chi connectivity index (χ1v) is 5.43. The Labute approximate surface area is 81.8 Å². The van der Waals surface area contributed by atoms with Gasteiger partial charge >= 0.3 is 0 Å². The molecule has 1 saturated carbocycles.